The summed E-state index contributed by atoms with van der Waals surface area (Å²) in [5, 5.41) is 8.49. The molecule has 0 saturated carbocycles. The first-order chi connectivity index (χ1) is 8.70. The van der Waals surface area contributed by atoms with Gasteiger partial charge in [-0.1, -0.05) is 32.1 Å². The zero-order chi connectivity index (χ0) is 13.2. The van der Waals surface area contributed by atoms with Crippen LogP contribution in [0.5, 0.6) is 0 Å². The van der Waals surface area contributed by atoms with E-state index in [1.165, 1.54) is 25.7 Å². The maximum absolute atomic E-state index is 10.3. The summed E-state index contributed by atoms with van der Waals surface area (Å²) in [6.07, 6.45) is 13.1. The van der Waals surface area contributed by atoms with Crippen LogP contribution in [-0.2, 0) is 18.3 Å². The first kappa shape index (κ1) is 14.7. The second-order valence-corrected chi connectivity index (χ2v) is 4.82. The van der Waals surface area contributed by atoms with Gasteiger partial charge in [-0.3, -0.25) is 4.79 Å². The van der Waals surface area contributed by atoms with Gasteiger partial charge in [0.05, 0.1) is 0 Å². The quantitative estimate of drug-likeness (QED) is 0.651. The molecule has 4 nitrogen and oxygen atoms in total. The Bertz CT molecular complexity index is 347. The van der Waals surface area contributed by atoms with Gasteiger partial charge < -0.3 is 9.67 Å². The molecule has 0 aliphatic rings. The summed E-state index contributed by atoms with van der Waals surface area (Å²) in [4.78, 5) is 14.6. The molecule has 0 amide bonds. The summed E-state index contributed by atoms with van der Waals surface area (Å²) >= 11 is 0. The van der Waals surface area contributed by atoms with E-state index in [2.05, 4.69) is 9.55 Å². The number of carboxylic acid groups (broad SMARTS) is 1. The van der Waals surface area contributed by atoms with Gasteiger partial charge >= 0.3 is 5.97 Å². The molecule has 0 fully saturated rings. The van der Waals surface area contributed by atoms with Gasteiger partial charge in [0, 0.05) is 32.3 Å². The normalized spacial score (nSPS) is 10.7. The minimum atomic E-state index is -0.676. The van der Waals surface area contributed by atoms with E-state index in [-0.39, 0.29) is 0 Å². The van der Waals surface area contributed by atoms with Crippen LogP contribution in [0.25, 0.3) is 0 Å². The van der Waals surface area contributed by atoms with Crippen LogP contribution in [0.4, 0.5) is 0 Å². The summed E-state index contributed by atoms with van der Waals surface area (Å²) in [7, 11) is 2.03. The van der Waals surface area contributed by atoms with Crippen LogP contribution < -0.4 is 0 Å². The number of imidazole rings is 1. The molecule has 0 bridgehead atoms. The highest BCUT2D eigenvalue weighted by atomic mass is 16.4. The fourth-order valence-corrected chi connectivity index (χ4v) is 2.08. The number of aliphatic carboxylic acids is 1. The van der Waals surface area contributed by atoms with E-state index in [9.17, 15) is 4.79 Å². The number of aryl methyl sites for hydroxylation is 2. The van der Waals surface area contributed by atoms with Crippen molar-refractivity contribution in [2.75, 3.05) is 0 Å². The van der Waals surface area contributed by atoms with Crippen molar-refractivity contribution in [3.05, 3.63) is 18.2 Å². The standard InChI is InChI=1S/C14H24N2O2/c1-16-12-11-15-13(16)9-7-5-3-2-4-6-8-10-14(17)18/h11-12H,2-10H2,1H3,(H,17,18). The van der Waals surface area contributed by atoms with Crippen LogP contribution in [0.3, 0.4) is 0 Å². The van der Waals surface area contributed by atoms with Crippen LogP contribution in [0.1, 0.15) is 57.2 Å². The zero-order valence-electron chi connectivity index (χ0n) is 11.3. The lowest BCUT2D eigenvalue weighted by Crippen LogP contribution is -1.97. The van der Waals surface area contributed by atoms with Gasteiger partial charge in [0.25, 0.3) is 0 Å². The van der Waals surface area contributed by atoms with E-state index in [4.69, 9.17) is 5.11 Å². The van der Waals surface area contributed by atoms with Crippen molar-refractivity contribution in [3.63, 3.8) is 0 Å². The lowest BCUT2D eigenvalue weighted by Gasteiger charge is -2.02. The molecule has 1 aromatic rings. The Labute approximate surface area is 109 Å². The van der Waals surface area contributed by atoms with Gasteiger partial charge in [-0.05, 0) is 12.8 Å². The molecule has 0 aliphatic heterocycles. The second kappa shape index (κ2) is 8.72. The first-order valence-corrected chi connectivity index (χ1v) is 6.88. The number of aromatic nitrogens is 2. The average molecular weight is 252 g/mol. The minimum absolute atomic E-state index is 0.319. The van der Waals surface area contributed by atoms with Crippen LogP contribution >= 0.6 is 0 Å². The molecule has 0 atom stereocenters. The highest BCUT2D eigenvalue weighted by Crippen LogP contribution is 2.10. The minimum Gasteiger partial charge on any atom is -0.481 e. The molecule has 0 saturated heterocycles. The number of nitrogens with zero attached hydrogens (tertiary/aromatic N) is 2. The molecule has 0 spiro atoms. The predicted molar refractivity (Wildman–Crippen MR) is 71.5 cm³/mol. The highest BCUT2D eigenvalue weighted by molar-refractivity contribution is 5.66. The monoisotopic (exact) mass is 252 g/mol. The maximum Gasteiger partial charge on any atom is 0.303 e. The molecule has 18 heavy (non-hydrogen) atoms. The van der Waals surface area contributed by atoms with Crippen molar-refractivity contribution in [3.8, 4) is 0 Å². The molecule has 1 N–H and O–H groups in total. The maximum atomic E-state index is 10.3. The predicted octanol–water partition coefficient (Wildman–Crippen LogP) is 3.17. The summed E-state index contributed by atoms with van der Waals surface area (Å²) in [5.74, 6) is 0.488. The van der Waals surface area contributed by atoms with Crippen molar-refractivity contribution in [1.29, 1.82) is 0 Å². The zero-order valence-corrected chi connectivity index (χ0v) is 11.3. The van der Waals surface area contributed by atoms with E-state index in [1.54, 1.807) is 0 Å². The summed E-state index contributed by atoms with van der Waals surface area (Å²) < 4.78 is 2.08. The smallest absolute Gasteiger partial charge is 0.303 e. The van der Waals surface area contributed by atoms with Crippen molar-refractivity contribution < 1.29 is 9.90 Å². The summed E-state index contributed by atoms with van der Waals surface area (Å²) in [6, 6.07) is 0. The summed E-state index contributed by atoms with van der Waals surface area (Å²) in [6.45, 7) is 0. The Morgan fingerprint density at radius 2 is 1.78 bits per heavy atom. The third kappa shape index (κ3) is 6.42. The van der Waals surface area contributed by atoms with Gasteiger partial charge in [-0.15, -0.1) is 0 Å². The van der Waals surface area contributed by atoms with Crippen molar-refractivity contribution in [2.24, 2.45) is 7.05 Å². The Hall–Kier alpha value is -1.32. The number of carbonyl (C=O) groups is 1. The van der Waals surface area contributed by atoms with E-state index in [0.29, 0.717) is 6.42 Å². The molecule has 0 unspecified atom stereocenters. The molecular weight excluding hydrogens is 228 g/mol. The van der Waals surface area contributed by atoms with Gasteiger partial charge in [-0.25, -0.2) is 4.98 Å². The fourth-order valence-electron chi connectivity index (χ4n) is 2.08. The van der Waals surface area contributed by atoms with Crippen molar-refractivity contribution >= 4 is 5.97 Å². The molecule has 1 rings (SSSR count). The van der Waals surface area contributed by atoms with Crippen LogP contribution in [0, 0.1) is 0 Å². The first-order valence-electron chi connectivity index (χ1n) is 6.88. The molecule has 102 valence electrons. The molecule has 4 heteroatoms. The lowest BCUT2D eigenvalue weighted by molar-refractivity contribution is -0.137. The Morgan fingerprint density at radius 1 is 1.17 bits per heavy atom. The lowest BCUT2D eigenvalue weighted by atomic mass is 10.1. The molecule has 0 aliphatic carbocycles. The Balaban J connectivity index is 1.87. The van der Waals surface area contributed by atoms with Crippen molar-refractivity contribution in [2.45, 2.75) is 57.8 Å². The number of unbranched alkanes of at least 4 members (excludes halogenated alkanes) is 6. The van der Waals surface area contributed by atoms with E-state index < -0.39 is 5.97 Å². The topological polar surface area (TPSA) is 55.1 Å². The van der Waals surface area contributed by atoms with Gasteiger partial charge in [0.1, 0.15) is 5.82 Å². The Morgan fingerprint density at radius 3 is 2.33 bits per heavy atom. The number of carboxylic acids is 1. The number of rotatable bonds is 10. The molecule has 0 radical (unpaired) electrons. The molecule has 0 aromatic carbocycles. The van der Waals surface area contributed by atoms with Gasteiger partial charge in [0.2, 0.25) is 0 Å². The van der Waals surface area contributed by atoms with Crippen LogP contribution in [0.15, 0.2) is 12.4 Å². The summed E-state index contributed by atoms with van der Waals surface area (Å²) in [5.41, 5.74) is 0. The Kier molecular flexibility index (Phi) is 7.14. The van der Waals surface area contributed by atoms with Crippen LogP contribution in [0.2, 0.25) is 0 Å². The number of hydrogen-bond acceptors (Lipinski definition) is 2. The van der Waals surface area contributed by atoms with Crippen molar-refractivity contribution in [1.82, 2.24) is 9.55 Å². The third-order valence-electron chi connectivity index (χ3n) is 3.21. The van der Waals surface area contributed by atoms with Gasteiger partial charge in [-0.2, -0.15) is 0 Å². The average Bonchev–Trinajstić information content (AvgIpc) is 2.72. The van der Waals surface area contributed by atoms with Gasteiger partial charge in [0.15, 0.2) is 0 Å². The molecule has 1 aromatic heterocycles. The van der Waals surface area contributed by atoms with E-state index in [0.717, 1.165) is 31.5 Å². The third-order valence-corrected chi connectivity index (χ3v) is 3.21. The highest BCUT2D eigenvalue weighted by Gasteiger charge is 1.99. The second-order valence-electron chi connectivity index (χ2n) is 4.82. The largest absolute Gasteiger partial charge is 0.481 e. The SMILES string of the molecule is Cn1ccnc1CCCCCCCCCC(=O)O. The number of hydrogen-bond donors (Lipinski definition) is 1. The van der Waals surface area contributed by atoms with E-state index >= 15 is 0 Å². The van der Waals surface area contributed by atoms with Crippen LogP contribution in [-0.4, -0.2) is 20.6 Å². The molecule has 1 heterocycles. The molecular formula is C14H24N2O2. The fraction of sp³-hybridized carbons (Fsp3) is 0.714. The van der Waals surface area contributed by atoms with E-state index in [1.807, 2.05) is 19.4 Å².